The first kappa shape index (κ1) is 15.7. The molecule has 0 bridgehead atoms. The molecule has 0 unspecified atom stereocenters. The van der Waals surface area contributed by atoms with Crippen molar-refractivity contribution in [2.75, 3.05) is 12.3 Å². The summed E-state index contributed by atoms with van der Waals surface area (Å²) in [6, 6.07) is 1.31. The Morgan fingerprint density at radius 3 is 2.42 bits per heavy atom. The summed E-state index contributed by atoms with van der Waals surface area (Å²) in [5.41, 5.74) is 5.34. The lowest BCUT2D eigenvalue weighted by molar-refractivity contribution is -0.138. The number of halogens is 3. The molecule has 0 spiro atoms. The average Bonchev–Trinajstić information content (AvgIpc) is 2.24. The lowest BCUT2D eigenvalue weighted by atomic mass is 10.4. The van der Waals surface area contributed by atoms with Gasteiger partial charge in [-0.1, -0.05) is 0 Å². The van der Waals surface area contributed by atoms with Crippen molar-refractivity contribution in [3.05, 3.63) is 18.3 Å². The molecule has 9 heteroatoms. The smallest absolute Gasteiger partial charge is 0.384 e. The molecule has 1 aromatic rings. The molecule has 1 heterocycles. The van der Waals surface area contributed by atoms with Crippen LogP contribution in [-0.4, -0.2) is 36.5 Å². The zero-order chi connectivity index (χ0) is 14.8. The van der Waals surface area contributed by atoms with Gasteiger partial charge in [-0.3, -0.25) is 0 Å². The molecule has 0 atom stereocenters. The number of pyridine rings is 1. The number of alkyl halides is 3. The molecule has 5 nitrogen and oxygen atoms in total. The highest BCUT2D eigenvalue weighted by Gasteiger charge is 2.38. The lowest BCUT2D eigenvalue weighted by Crippen LogP contribution is -2.43. The normalized spacial score (nSPS) is 13.2. The molecule has 0 radical (unpaired) electrons. The average molecular weight is 297 g/mol. The van der Waals surface area contributed by atoms with Crippen LogP contribution in [0.3, 0.4) is 0 Å². The van der Waals surface area contributed by atoms with E-state index < -0.39 is 28.8 Å². The first-order chi connectivity index (χ1) is 8.54. The van der Waals surface area contributed by atoms with E-state index in [-0.39, 0.29) is 10.7 Å². The number of rotatable bonds is 4. The molecule has 0 amide bonds. The van der Waals surface area contributed by atoms with E-state index >= 15 is 0 Å². The summed E-state index contributed by atoms with van der Waals surface area (Å²) in [5, 5.41) is 0. The van der Waals surface area contributed by atoms with Gasteiger partial charge in [0.05, 0.1) is 4.90 Å². The predicted molar refractivity (Wildman–Crippen MR) is 63.7 cm³/mol. The second-order valence-electron chi connectivity index (χ2n) is 4.18. The highest BCUT2D eigenvalue weighted by Crippen LogP contribution is 2.24. The molecule has 0 aliphatic carbocycles. The molecule has 2 N–H and O–H groups in total. The van der Waals surface area contributed by atoms with E-state index in [0.29, 0.717) is 4.31 Å². The van der Waals surface area contributed by atoms with Gasteiger partial charge in [-0.15, -0.1) is 0 Å². The van der Waals surface area contributed by atoms with E-state index in [0.717, 1.165) is 18.3 Å². The molecule has 1 aromatic heterocycles. The van der Waals surface area contributed by atoms with Crippen LogP contribution in [0.4, 0.5) is 19.0 Å². The fraction of sp³-hybridized carbons (Fsp3) is 0.500. The summed E-state index contributed by atoms with van der Waals surface area (Å²) in [4.78, 5) is 3.30. The van der Waals surface area contributed by atoms with E-state index in [1.54, 1.807) is 0 Å². The maximum absolute atomic E-state index is 12.4. The van der Waals surface area contributed by atoms with Gasteiger partial charge in [-0.25, -0.2) is 13.4 Å². The monoisotopic (exact) mass is 297 g/mol. The first-order valence-electron chi connectivity index (χ1n) is 5.34. The standard InChI is InChI=1S/C10H14F3N3O2S/c1-7(2)16(6-10(11,12)13)19(17,18)8-3-4-15-9(14)5-8/h3-5,7H,6H2,1-2H3,(H2,14,15). The number of nitrogens with zero attached hydrogens (tertiary/aromatic N) is 2. The first-order valence-corrected chi connectivity index (χ1v) is 6.78. The summed E-state index contributed by atoms with van der Waals surface area (Å²) in [6.07, 6.45) is -3.48. The second-order valence-corrected chi connectivity index (χ2v) is 6.07. The summed E-state index contributed by atoms with van der Waals surface area (Å²) in [5.74, 6) is -0.0724. The Morgan fingerprint density at radius 2 is 2.00 bits per heavy atom. The summed E-state index contributed by atoms with van der Waals surface area (Å²) < 4.78 is 62.0. The van der Waals surface area contributed by atoms with E-state index in [1.807, 2.05) is 0 Å². The molecule has 1 rings (SSSR count). The van der Waals surface area contributed by atoms with Gasteiger partial charge in [-0.05, 0) is 19.9 Å². The summed E-state index contributed by atoms with van der Waals surface area (Å²) in [7, 11) is -4.26. The third-order valence-electron chi connectivity index (χ3n) is 2.27. The molecular formula is C10H14F3N3O2S. The third-order valence-corrected chi connectivity index (χ3v) is 4.29. The number of nitrogens with two attached hydrogens (primary N) is 1. The summed E-state index contributed by atoms with van der Waals surface area (Å²) in [6.45, 7) is 1.19. The molecule has 0 aromatic carbocycles. The Labute approximate surface area is 109 Å². The SMILES string of the molecule is CC(C)N(CC(F)(F)F)S(=O)(=O)c1ccnc(N)c1. The van der Waals surface area contributed by atoms with Gasteiger partial charge in [0.15, 0.2) is 0 Å². The van der Waals surface area contributed by atoms with Gasteiger partial charge in [-0.2, -0.15) is 17.5 Å². The molecule has 0 saturated heterocycles. The van der Waals surface area contributed by atoms with Crippen molar-refractivity contribution in [3.63, 3.8) is 0 Å². The van der Waals surface area contributed by atoms with Crippen LogP contribution in [0.25, 0.3) is 0 Å². The highest BCUT2D eigenvalue weighted by molar-refractivity contribution is 7.89. The number of nitrogen functional groups attached to an aromatic ring is 1. The molecule has 19 heavy (non-hydrogen) atoms. The highest BCUT2D eigenvalue weighted by atomic mass is 32.2. The van der Waals surface area contributed by atoms with Crippen LogP contribution in [-0.2, 0) is 10.0 Å². The largest absolute Gasteiger partial charge is 0.402 e. The molecule has 0 fully saturated rings. The van der Waals surface area contributed by atoms with Crippen LogP contribution < -0.4 is 5.73 Å². The molecule has 0 aliphatic rings. The zero-order valence-electron chi connectivity index (χ0n) is 10.3. The molecular weight excluding hydrogens is 283 g/mol. The van der Waals surface area contributed by atoms with Gasteiger partial charge >= 0.3 is 6.18 Å². The fourth-order valence-electron chi connectivity index (χ4n) is 1.45. The van der Waals surface area contributed by atoms with Gasteiger partial charge in [0, 0.05) is 18.3 Å². The fourth-order valence-corrected chi connectivity index (χ4v) is 3.09. The van der Waals surface area contributed by atoms with Crippen molar-refractivity contribution < 1.29 is 21.6 Å². The van der Waals surface area contributed by atoms with Crippen molar-refractivity contribution in [1.29, 1.82) is 0 Å². The molecule has 108 valence electrons. The van der Waals surface area contributed by atoms with Crippen LogP contribution in [0.15, 0.2) is 23.2 Å². The maximum atomic E-state index is 12.4. The number of sulfonamides is 1. The number of aromatic nitrogens is 1. The van der Waals surface area contributed by atoms with Gasteiger partial charge in [0.25, 0.3) is 0 Å². The predicted octanol–water partition coefficient (Wildman–Crippen LogP) is 1.63. The van der Waals surface area contributed by atoms with Crippen molar-refractivity contribution >= 4 is 15.8 Å². The van der Waals surface area contributed by atoms with E-state index in [2.05, 4.69) is 4.98 Å². The van der Waals surface area contributed by atoms with Crippen molar-refractivity contribution in [2.45, 2.75) is 31.0 Å². The second kappa shape index (κ2) is 5.33. The van der Waals surface area contributed by atoms with Gasteiger partial charge in [0.1, 0.15) is 12.4 Å². The number of hydrogen-bond acceptors (Lipinski definition) is 4. The minimum atomic E-state index is -4.62. The minimum absolute atomic E-state index is 0.0724. The molecule has 0 saturated carbocycles. The third kappa shape index (κ3) is 4.06. The Morgan fingerprint density at radius 1 is 1.42 bits per heavy atom. The quantitative estimate of drug-likeness (QED) is 0.916. The van der Waals surface area contributed by atoms with Crippen LogP contribution in [0.5, 0.6) is 0 Å². The van der Waals surface area contributed by atoms with E-state index in [9.17, 15) is 21.6 Å². The Balaban J connectivity index is 3.21. The van der Waals surface area contributed by atoms with Crippen LogP contribution >= 0.6 is 0 Å². The van der Waals surface area contributed by atoms with E-state index in [1.165, 1.54) is 13.8 Å². The van der Waals surface area contributed by atoms with E-state index in [4.69, 9.17) is 5.73 Å². The molecule has 0 aliphatic heterocycles. The van der Waals surface area contributed by atoms with Gasteiger partial charge in [0.2, 0.25) is 10.0 Å². The Bertz CT molecular complexity index is 543. The van der Waals surface area contributed by atoms with Crippen molar-refractivity contribution in [3.8, 4) is 0 Å². The Hall–Kier alpha value is -1.35. The minimum Gasteiger partial charge on any atom is -0.384 e. The van der Waals surface area contributed by atoms with Crippen molar-refractivity contribution in [2.24, 2.45) is 0 Å². The van der Waals surface area contributed by atoms with Gasteiger partial charge < -0.3 is 5.73 Å². The lowest BCUT2D eigenvalue weighted by Gasteiger charge is -2.26. The van der Waals surface area contributed by atoms with Crippen LogP contribution in [0, 0.1) is 0 Å². The topological polar surface area (TPSA) is 76.3 Å². The number of hydrogen-bond donors (Lipinski definition) is 1. The zero-order valence-corrected chi connectivity index (χ0v) is 11.2. The van der Waals surface area contributed by atoms with Crippen LogP contribution in [0.2, 0.25) is 0 Å². The maximum Gasteiger partial charge on any atom is 0.402 e. The number of anilines is 1. The van der Waals surface area contributed by atoms with Crippen molar-refractivity contribution in [1.82, 2.24) is 9.29 Å². The Kier molecular flexibility index (Phi) is 4.41. The van der Waals surface area contributed by atoms with Crippen LogP contribution in [0.1, 0.15) is 13.8 Å². The summed E-state index contributed by atoms with van der Waals surface area (Å²) >= 11 is 0.